The first-order chi connectivity index (χ1) is 11.2. The van der Waals surface area contributed by atoms with E-state index in [1.54, 1.807) is 24.3 Å². The Hall–Kier alpha value is -0.840. The molecule has 0 N–H and O–H groups in total. The number of hydrogen-bond donors (Lipinski definition) is 0. The van der Waals surface area contributed by atoms with Crippen molar-refractivity contribution in [2.24, 2.45) is 0 Å². The Bertz CT molecular complexity index is 448. The summed E-state index contributed by atoms with van der Waals surface area (Å²) in [6.07, 6.45) is 8.40. The second kappa shape index (κ2) is 15.7. The zero-order valence-electron chi connectivity index (χ0n) is 14.1. The molecule has 0 fully saturated rings. The molecule has 0 heterocycles. The minimum atomic E-state index is -0.413. The Balaban J connectivity index is 0.00000529. The van der Waals surface area contributed by atoms with Crippen LogP contribution >= 0.6 is 0 Å². The molecule has 0 aliphatic heterocycles. The van der Waals surface area contributed by atoms with Gasteiger partial charge in [-0.1, -0.05) is 63.6 Å². The molecule has 130 valence electrons. The molecule has 1 aromatic rings. The first-order valence-electron chi connectivity index (χ1n) is 8.63. The third-order valence-corrected chi connectivity index (χ3v) is 3.52. The van der Waals surface area contributed by atoms with Crippen LogP contribution in [0.5, 0.6) is 5.75 Å². The first-order valence-corrected chi connectivity index (χ1v) is 8.63. The summed E-state index contributed by atoms with van der Waals surface area (Å²) >= 11 is 0. The predicted octanol–water partition coefficient (Wildman–Crippen LogP) is 4.02. The molecule has 0 saturated heterocycles. The fraction of sp³-hybridized carbons (Fsp3) is 0.579. The Morgan fingerprint density at radius 3 is 2.08 bits per heavy atom. The average Bonchev–Trinajstić information content (AvgIpc) is 2.56. The Morgan fingerprint density at radius 2 is 1.42 bits per heavy atom. The molecule has 1 rings (SSSR count). The van der Waals surface area contributed by atoms with Gasteiger partial charge in [0, 0.05) is 0 Å². The van der Waals surface area contributed by atoms with E-state index < -0.39 is 5.97 Å². The van der Waals surface area contributed by atoms with Crippen molar-refractivity contribution in [2.45, 2.75) is 64.7 Å². The molecular formula is C19H29NaO4. The second-order valence-electron chi connectivity index (χ2n) is 5.63. The van der Waals surface area contributed by atoms with Crippen molar-refractivity contribution in [3.05, 3.63) is 30.3 Å². The molecule has 0 bridgehead atoms. The van der Waals surface area contributed by atoms with Gasteiger partial charge in [0.05, 0.1) is 19.4 Å². The van der Waals surface area contributed by atoms with Gasteiger partial charge >= 0.3 is 41.5 Å². The van der Waals surface area contributed by atoms with Crippen LogP contribution in [0.4, 0.5) is 0 Å². The van der Waals surface area contributed by atoms with E-state index in [0.29, 0.717) is 12.4 Å². The Kier molecular flexibility index (Phi) is 15.1. The number of para-hydroxylation sites is 1. The normalized spacial score (nSPS) is 9.88. The van der Waals surface area contributed by atoms with Crippen LogP contribution in [0.1, 0.15) is 64.7 Å². The van der Waals surface area contributed by atoms with Gasteiger partial charge in [-0.15, -0.1) is 0 Å². The van der Waals surface area contributed by atoms with E-state index in [2.05, 4.69) is 6.92 Å². The van der Waals surface area contributed by atoms with Crippen molar-refractivity contribution in [3.63, 3.8) is 0 Å². The van der Waals surface area contributed by atoms with Crippen LogP contribution in [0.15, 0.2) is 30.3 Å². The van der Waals surface area contributed by atoms with Crippen molar-refractivity contribution in [1.82, 2.24) is 0 Å². The zero-order chi connectivity index (χ0) is 16.8. The van der Waals surface area contributed by atoms with Gasteiger partial charge in [-0.25, -0.2) is 0 Å². The minimum absolute atomic E-state index is 0. The number of ether oxygens (including phenoxy) is 2. The van der Waals surface area contributed by atoms with E-state index >= 15 is 0 Å². The Labute approximate surface area is 167 Å². The van der Waals surface area contributed by atoms with Crippen LogP contribution in [0.25, 0.3) is 0 Å². The molecule has 24 heavy (non-hydrogen) atoms. The zero-order valence-corrected chi connectivity index (χ0v) is 14.1. The predicted molar refractivity (Wildman–Crippen MR) is 97.4 cm³/mol. The monoisotopic (exact) mass is 344 g/mol. The first kappa shape index (κ1) is 23.2. The second-order valence-corrected chi connectivity index (χ2v) is 5.63. The van der Waals surface area contributed by atoms with Crippen molar-refractivity contribution >= 4 is 41.5 Å². The molecule has 1 aromatic carbocycles. The molecule has 5 heteroatoms. The van der Waals surface area contributed by atoms with Crippen molar-refractivity contribution < 1.29 is 19.1 Å². The third kappa shape index (κ3) is 12.6. The number of benzene rings is 1. The third-order valence-electron chi connectivity index (χ3n) is 3.52. The summed E-state index contributed by atoms with van der Waals surface area (Å²) in [4.78, 5) is 23.1. The van der Waals surface area contributed by atoms with Crippen LogP contribution in [-0.4, -0.2) is 48.1 Å². The van der Waals surface area contributed by atoms with Gasteiger partial charge in [-0.2, -0.15) is 0 Å². The summed E-state index contributed by atoms with van der Waals surface area (Å²) in [5, 5.41) is 0. The maximum atomic E-state index is 11.6. The van der Waals surface area contributed by atoms with Gasteiger partial charge in [0.25, 0.3) is 0 Å². The molecule has 0 aromatic heterocycles. The van der Waals surface area contributed by atoms with Crippen molar-refractivity contribution in [3.8, 4) is 5.75 Å². The molecule has 0 saturated carbocycles. The van der Waals surface area contributed by atoms with Crippen molar-refractivity contribution in [2.75, 3.05) is 6.61 Å². The maximum absolute atomic E-state index is 11.6. The average molecular weight is 344 g/mol. The van der Waals surface area contributed by atoms with Crippen LogP contribution in [0, 0.1) is 0 Å². The fourth-order valence-electron chi connectivity index (χ4n) is 2.19. The SMILES string of the molecule is CCCCCCCCCOC(=O)CCC(=O)Oc1ccccc1.[NaH]. The summed E-state index contributed by atoms with van der Waals surface area (Å²) in [6, 6.07) is 8.84. The number of rotatable bonds is 12. The van der Waals surface area contributed by atoms with Gasteiger partial charge < -0.3 is 9.47 Å². The van der Waals surface area contributed by atoms with Gasteiger partial charge in [0.2, 0.25) is 0 Å². The molecule has 0 aliphatic carbocycles. The van der Waals surface area contributed by atoms with E-state index in [1.807, 2.05) is 6.07 Å². The van der Waals surface area contributed by atoms with Gasteiger partial charge in [0.15, 0.2) is 0 Å². The number of unbranched alkanes of at least 4 members (excludes halogenated alkanes) is 6. The summed E-state index contributed by atoms with van der Waals surface area (Å²) in [6.45, 7) is 2.65. The van der Waals surface area contributed by atoms with Crippen LogP contribution in [0.2, 0.25) is 0 Å². The summed E-state index contributed by atoms with van der Waals surface area (Å²) < 4.78 is 10.2. The molecule has 0 spiro atoms. The molecule has 0 radical (unpaired) electrons. The standard InChI is InChI=1S/C19H28O4.Na.H/c1-2-3-4-5-6-7-11-16-22-18(20)14-15-19(21)23-17-12-9-8-10-13-17;;/h8-10,12-13H,2-7,11,14-16H2,1H3;;. The van der Waals surface area contributed by atoms with E-state index in [1.165, 1.54) is 32.1 Å². The van der Waals surface area contributed by atoms with Crippen LogP contribution in [-0.2, 0) is 14.3 Å². The van der Waals surface area contributed by atoms with Gasteiger partial charge in [-0.3, -0.25) is 9.59 Å². The van der Waals surface area contributed by atoms with Crippen molar-refractivity contribution in [1.29, 1.82) is 0 Å². The van der Waals surface area contributed by atoms with Crippen LogP contribution in [0.3, 0.4) is 0 Å². The summed E-state index contributed by atoms with van der Waals surface area (Å²) in [5.41, 5.74) is 0. The van der Waals surface area contributed by atoms with Gasteiger partial charge in [0.1, 0.15) is 5.75 Å². The van der Waals surface area contributed by atoms with E-state index in [9.17, 15) is 9.59 Å². The number of carbonyl (C=O) groups excluding carboxylic acids is 2. The molecule has 0 aliphatic rings. The van der Waals surface area contributed by atoms with Crippen LogP contribution < -0.4 is 4.74 Å². The molecule has 4 nitrogen and oxygen atoms in total. The molecule has 0 unspecified atom stereocenters. The summed E-state index contributed by atoms with van der Waals surface area (Å²) in [5.74, 6) is -0.251. The van der Waals surface area contributed by atoms with Gasteiger partial charge in [-0.05, 0) is 18.6 Å². The summed E-state index contributed by atoms with van der Waals surface area (Å²) in [7, 11) is 0. The topological polar surface area (TPSA) is 52.6 Å². The number of carbonyl (C=O) groups is 2. The molecular weight excluding hydrogens is 315 g/mol. The quantitative estimate of drug-likeness (QED) is 0.249. The Morgan fingerprint density at radius 1 is 0.833 bits per heavy atom. The van der Waals surface area contributed by atoms with E-state index in [0.717, 1.165) is 12.8 Å². The molecule has 0 amide bonds. The fourth-order valence-corrected chi connectivity index (χ4v) is 2.19. The van der Waals surface area contributed by atoms with E-state index in [-0.39, 0.29) is 48.4 Å². The van der Waals surface area contributed by atoms with E-state index in [4.69, 9.17) is 9.47 Å². The number of esters is 2. The number of hydrogen-bond acceptors (Lipinski definition) is 4. The molecule has 0 atom stereocenters.